The second kappa shape index (κ2) is 33.4. The van der Waals surface area contributed by atoms with Gasteiger partial charge in [-0.2, -0.15) is 0 Å². The summed E-state index contributed by atoms with van der Waals surface area (Å²) in [7, 11) is 0. The maximum atomic E-state index is 4.50. The van der Waals surface area contributed by atoms with Crippen molar-refractivity contribution in [1.82, 2.24) is 0 Å². The Hall–Kier alpha value is -6.18. The molecule has 0 radical (unpaired) electrons. The first-order valence-corrected chi connectivity index (χ1v) is 22.9. The lowest BCUT2D eigenvalue weighted by atomic mass is 9.89. The molecule has 0 aliphatic carbocycles. The van der Waals surface area contributed by atoms with E-state index in [1.54, 1.807) is 0 Å². The predicted octanol–water partition coefficient (Wildman–Crippen LogP) is 20.2. The molecular formula is C62H81N. The molecule has 6 rings (SSSR count). The van der Waals surface area contributed by atoms with E-state index in [-0.39, 0.29) is 0 Å². The van der Waals surface area contributed by atoms with Crippen LogP contribution in [-0.2, 0) is 6.42 Å². The Kier molecular flexibility index (Phi) is 30.2. The molecule has 0 spiro atoms. The number of aryl methyl sites for hydroxylation is 3. The van der Waals surface area contributed by atoms with Crippen LogP contribution >= 0.6 is 0 Å². The van der Waals surface area contributed by atoms with Gasteiger partial charge in [-0.05, 0) is 157 Å². The molecule has 0 atom stereocenters. The normalized spacial score (nSPS) is 9.52. The Balaban J connectivity index is 0.00000185. The zero-order valence-corrected chi connectivity index (χ0v) is 41.5. The van der Waals surface area contributed by atoms with Crippen LogP contribution in [0, 0.1) is 13.8 Å². The van der Waals surface area contributed by atoms with E-state index in [1.807, 2.05) is 40.7 Å². The van der Waals surface area contributed by atoms with Gasteiger partial charge in [0.25, 0.3) is 0 Å². The van der Waals surface area contributed by atoms with Crippen molar-refractivity contribution < 1.29 is 0 Å². The van der Waals surface area contributed by atoms with Gasteiger partial charge in [-0.3, -0.25) is 0 Å². The van der Waals surface area contributed by atoms with Crippen LogP contribution in [0.1, 0.15) is 122 Å². The number of fused-ring (bicyclic) bond motifs is 1. The highest BCUT2D eigenvalue weighted by molar-refractivity contribution is 5.96. The molecule has 6 aromatic carbocycles. The fraction of sp³-hybridized carbons (Fsp3) is 0.258. The summed E-state index contributed by atoms with van der Waals surface area (Å²) < 4.78 is 0. The molecule has 0 amide bonds. The van der Waals surface area contributed by atoms with Crippen molar-refractivity contribution in [3.63, 3.8) is 0 Å². The molecule has 1 heteroatoms. The fourth-order valence-electron chi connectivity index (χ4n) is 6.59. The Morgan fingerprint density at radius 3 is 1.75 bits per heavy atom. The maximum Gasteiger partial charge on any atom is 0.0467 e. The number of hydrogen-bond donors (Lipinski definition) is 0. The summed E-state index contributed by atoms with van der Waals surface area (Å²) >= 11 is 0. The Morgan fingerprint density at radius 2 is 1.22 bits per heavy atom. The third-order valence-electron chi connectivity index (χ3n) is 9.76. The number of nitrogens with zero attached hydrogens (tertiary/aromatic N) is 1. The van der Waals surface area contributed by atoms with Crippen LogP contribution in [0.15, 0.2) is 191 Å². The number of rotatable bonds is 11. The standard InChI is InChI=1S/C44H41N.2C5H10.2C2H6.2C2H4/c1-6-8-21-43-40(7-2)42-23-12-10-17-36(42)30-44(43)34-24-26-37(27-25-34)45(38-19-13-15-31(3)28-38)39-20-14-18-35(29-39)33(5)41-22-11-9-16-32(41)4;1-4-5(2)3;1-3-5-4-2;4*1-2/h8-30H,5-7H2,1-4H3;4H,1-3H3;3H,1,4-5H2,2H3;2*1-2H3;2*1-2H2/b21-8-;;;;;;. The third-order valence-corrected chi connectivity index (χ3v) is 9.76. The van der Waals surface area contributed by atoms with Gasteiger partial charge in [0, 0.05) is 17.1 Å². The highest BCUT2D eigenvalue weighted by Crippen LogP contribution is 2.40. The molecule has 63 heavy (non-hydrogen) atoms. The van der Waals surface area contributed by atoms with Crippen molar-refractivity contribution in [3.8, 4) is 11.1 Å². The van der Waals surface area contributed by atoms with E-state index in [4.69, 9.17) is 0 Å². The molecule has 0 aromatic heterocycles. The van der Waals surface area contributed by atoms with Crippen molar-refractivity contribution in [1.29, 1.82) is 0 Å². The van der Waals surface area contributed by atoms with Gasteiger partial charge in [-0.15, -0.1) is 32.9 Å². The summed E-state index contributed by atoms with van der Waals surface area (Å²) in [5, 5.41) is 2.63. The number of hydrogen-bond acceptors (Lipinski definition) is 1. The van der Waals surface area contributed by atoms with Crippen LogP contribution < -0.4 is 4.90 Å². The Morgan fingerprint density at radius 1 is 0.651 bits per heavy atom. The van der Waals surface area contributed by atoms with Crippen LogP contribution in [0.4, 0.5) is 17.1 Å². The van der Waals surface area contributed by atoms with Gasteiger partial charge in [0.15, 0.2) is 0 Å². The zero-order chi connectivity index (χ0) is 47.7. The quantitative estimate of drug-likeness (QED) is 0.118. The van der Waals surface area contributed by atoms with E-state index in [1.165, 1.54) is 61.7 Å². The number of unbranched alkanes of at least 4 members (excludes halogenated alkanes) is 1. The Labute approximate surface area is 386 Å². The summed E-state index contributed by atoms with van der Waals surface area (Å²) in [5.74, 6) is 0. The molecular weight excluding hydrogens is 759 g/mol. The minimum absolute atomic E-state index is 0.987. The molecule has 334 valence electrons. The monoisotopic (exact) mass is 840 g/mol. The van der Waals surface area contributed by atoms with Gasteiger partial charge >= 0.3 is 0 Å². The first kappa shape index (κ1) is 56.8. The predicted molar refractivity (Wildman–Crippen MR) is 292 cm³/mol. The van der Waals surface area contributed by atoms with Crippen LogP contribution in [0.5, 0.6) is 0 Å². The first-order chi connectivity index (χ1) is 30.7. The third kappa shape index (κ3) is 17.6. The van der Waals surface area contributed by atoms with Crippen molar-refractivity contribution in [2.75, 3.05) is 4.90 Å². The number of anilines is 3. The second-order valence-electron chi connectivity index (χ2n) is 14.2. The lowest BCUT2D eigenvalue weighted by Gasteiger charge is -2.27. The van der Waals surface area contributed by atoms with E-state index in [0.29, 0.717) is 0 Å². The van der Waals surface area contributed by atoms with Gasteiger partial charge in [-0.1, -0.05) is 176 Å². The van der Waals surface area contributed by atoms with Gasteiger partial charge in [0.1, 0.15) is 0 Å². The van der Waals surface area contributed by atoms with Gasteiger partial charge in [-0.25, -0.2) is 0 Å². The van der Waals surface area contributed by atoms with Crippen LogP contribution in [0.25, 0.3) is 33.5 Å². The molecule has 0 aliphatic heterocycles. The van der Waals surface area contributed by atoms with Crippen molar-refractivity contribution in [3.05, 3.63) is 224 Å². The first-order valence-electron chi connectivity index (χ1n) is 22.9. The van der Waals surface area contributed by atoms with Gasteiger partial charge in [0.2, 0.25) is 0 Å². The smallest absolute Gasteiger partial charge is 0.0467 e. The van der Waals surface area contributed by atoms with Gasteiger partial charge in [0.05, 0.1) is 0 Å². The van der Waals surface area contributed by atoms with E-state index >= 15 is 0 Å². The highest BCUT2D eigenvalue weighted by Gasteiger charge is 2.17. The van der Waals surface area contributed by atoms with E-state index in [9.17, 15) is 0 Å². The lowest BCUT2D eigenvalue weighted by Crippen LogP contribution is -2.10. The average molecular weight is 840 g/mol. The minimum Gasteiger partial charge on any atom is -0.310 e. The molecule has 0 N–H and O–H groups in total. The molecule has 0 heterocycles. The summed E-state index contributed by atoms with van der Waals surface area (Å²) in [6.45, 7) is 45.2. The summed E-state index contributed by atoms with van der Waals surface area (Å²) in [6.07, 6.45) is 13.0. The number of allylic oxidation sites excluding steroid dienone is 4. The molecule has 0 aliphatic rings. The van der Waals surface area contributed by atoms with Crippen LogP contribution in [0.2, 0.25) is 0 Å². The maximum absolute atomic E-state index is 4.50. The van der Waals surface area contributed by atoms with E-state index in [2.05, 4.69) is 238 Å². The lowest BCUT2D eigenvalue weighted by molar-refractivity contribution is 0.961. The second-order valence-corrected chi connectivity index (χ2v) is 14.2. The zero-order valence-electron chi connectivity index (χ0n) is 41.5. The molecule has 0 fully saturated rings. The largest absolute Gasteiger partial charge is 0.310 e. The topological polar surface area (TPSA) is 3.24 Å². The minimum atomic E-state index is 0.987. The fourth-order valence-corrected chi connectivity index (χ4v) is 6.59. The summed E-state index contributed by atoms with van der Waals surface area (Å²) in [4.78, 5) is 2.35. The molecule has 0 unspecified atom stereocenters. The van der Waals surface area contributed by atoms with Crippen molar-refractivity contribution in [2.24, 2.45) is 0 Å². The average Bonchev–Trinajstić information content (AvgIpc) is 3.34. The number of benzene rings is 6. The van der Waals surface area contributed by atoms with Crippen molar-refractivity contribution in [2.45, 2.75) is 109 Å². The van der Waals surface area contributed by atoms with Crippen LogP contribution in [-0.4, -0.2) is 0 Å². The van der Waals surface area contributed by atoms with E-state index in [0.717, 1.165) is 47.5 Å². The van der Waals surface area contributed by atoms with Gasteiger partial charge < -0.3 is 4.90 Å². The molecule has 1 nitrogen and oxygen atoms in total. The summed E-state index contributed by atoms with van der Waals surface area (Å²) in [6, 6.07) is 46.1. The Bertz CT molecular complexity index is 2260. The van der Waals surface area contributed by atoms with Crippen LogP contribution in [0.3, 0.4) is 0 Å². The molecule has 0 saturated heterocycles. The SMILES string of the molecule is C=C.C=C.C=C(c1cccc(N(c2ccc(-c3cc4ccccc4c(CC)c3/C=C\CC)cc2)c2cccc(C)c2)c1)c1ccccc1C.C=CCCC.CC.CC.CC=C(C)C. The van der Waals surface area contributed by atoms with E-state index < -0.39 is 0 Å². The van der Waals surface area contributed by atoms with Crippen molar-refractivity contribution >= 4 is 39.5 Å². The highest BCUT2D eigenvalue weighted by atomic mass is 15.1. The summed E-state index contributed by atoms with van der Waals surface area (Å²) in [5.41, 5.74) is 15.7. The molecule has 0 bridgehead atoms. The molecule has 0 saturated carbocycles. The molecule has 6 aromatic rings.